The molecule has 0 radical (unpaired) electrons. The fourth-order valence-electron chi connectivity index (χ4n) is 2.50. The van der Waals surface area contributed by atoms with E-state index in [-0.39, 0.29) is 0 Å². The number of rotatable bonds is 2. The van der Waals surface area contributed by atoms with Crippen molar-refractivity contribution in [2.45, 2.75) is 12.5 Å². The third-order valence-corrected chi connectivity index (χ3v) is 4.78. The van der Waals surface area contributed by atoms with Crippen molar-refractivity contribution in [1.82, 2.24) is 4.98 Å². The number of fused-ring (bicyclic) bond motifs is 1. The summed E-state index contributed by atoms with van der Waals surface area (Å²) in [5, 5.41) is 1.05. The van der Waals surface area contributed by atoms with Crippen LogP contribution < -0.4 is 10.6 Å². The molecule has 1 fully saturated rings. The van der Waals surface area contributed by atoms with Gasteiger partial charge in [-0.2, -0.15) is 11.8 Å². The number of aromatic nitrogens is 1. The van der Waals surface area contributed by atoms with Gasteiger partial charge >= 0.3 is 0 Å². The molecule has 0 spiro atoms. The summed E-state index contributed by atoms with van der Waals surface area (Å²) in [5.74, 6) is 2.45. The Hall–Kier alpha value is -1.42. The van der Waals surface area contributed by atoms with E-state index in [0.717, 1.165) is 22.3 Å². The average Bonchev–Trinajstić information content (AvgIpc) is 2.93. The molecule has 94 valence electrons. The molecule has 1 aromatic carbocycles. The van der Waals surface area contributed by atoms with Crippen LogP contribution in [0.5, 0.6) is 0 Å². The summed E-state index contributed by atoms with van der Waals surface area (Å²) in [7, 11) is 2.14. The van der Waals surface area contributed by atoms with Crippen LogP contribution in [0.25, 0.3) is 10.9 Å². The highest BCUT2D eigenvalue weighted by molar-refractivity contribution is 7.99. The van der Waals surface area contributed by atoms with E-state index < -0.39 is 0 Å². The Balaban J connectivity index is 2.03. The van der Waals surface area contributed by atoms with Gasteiger partial charge in [-0.25, -0.2) is 0 Å². The second-order valence-electron chi connectivity index (χ2n) is 4.70. The third kappa shape index (κ3) is 1.90. The summed E-state index contributed by atoms with van der Waals surface area (Å²) in [6.45, 7) is 0. The topological polar surface area (TPSA) is 42.2 Å². The normalized spacial score (nSPS) is 19.3. The largest absolute Gasteiger partial charge is 0.396 e. The van der Waals surface area contributed by atoms with Gasteiger partial charge in [-0.05, 0) is 36.4 Å². The van der Waals surface area contributed by atoms with Crippen molar-refractivity contribution in [3.63, 3.8) is 0 Å². The van der Waals surface area contributed by atoms with Crippen LogP contribution in [0.2, 0.25) is 0 Å². The highest BCUT2D eigenvalue weighted by atomic mass is 32.2. The Labute approximate surface area is 111 Å². The van der Waals surface area contributed by atoms with E-state index in [9.17, 15) is 0 Å². The van der Waals surface area contributed by atoms with Crippen molar-refractivity contribution in [3.05, 3.63) is 30.5 Å². The number of nitrogen functional groups attached to an aromatic ring is 1. The Morgan fingerprint density at radius 1 is 1.39 bits per heavy atom. The molecule has 18 heavy (non-hydrogen) atoms. The molecule has 3 rings (SSSR count). The zero-order valence-electron chi connectivity index (χ0n) is 10.5. The lowest BCUT2D eigenvalue weighted by Crippen LogP contribution is -2.31. The number of nitrogens with two attached hydrogens (primary N) is 1. The van der Waals surface area contributed by atoms with Gasteiger partial charge in [0.15, 0.2) is 0 Å². The number of nitrogens with zero attached hydrogens (tertiary/aromatic N) is 2. The lowest BCUT2D eigenvalue weighted by molar-refractivity contribution is 0.701. The highest BCUT2D eigenvalue weighted by Crippen LogP contribution is 2.33. The van der Waals surface area contributed by atoms with E-state index in [1.54, 1.807) is 6.20 Å². The molecule has 2 heterocycles. The molecule has 1 aliphatic rings. The molecule has 1 aromatic heterocycles. The monoisotopic (exact) mass is 259 g/mol. The molecule has 1 aliphatic heterocycles. The fourth-order valence-corrected chi connectivity index (χ4v) is 3.76. The zero-order chi connectivity index (χ0) is 12.5. The number of anilines is 2. The first-order valence-electron chi connectivity index (χ1n) is 6.21. The van der Waals surface area contributed by atoms with E-state index in [4.69, 9.17) is 5.73 Å². The number of thioether (sulfide) groups is 1. The Kier molecular flexibility index (Phi) is 3.04. The number of hydrogen-bond donors (Lipinski definition) is 1. The highest BCUT2D eigenvalue weighted by Gasteiger charge is 2.22. The molecule has 2 N–H and O–H groups in total. The van der Waals surface area contributed by atoms with Crippen LogP contribution in [0.4, 0.5) is 11.4 Å². The molecule has 0 saturated carbocycles. The third-order valence-electron chi connectivity index (χ3n) is 3.64. The fraction of sp³-hybridized carbons (Fsp3) is 0.357. The Morgan fingerprint density at radius 2 is 2.28 bits per heavy atom. The van der Waals surface area contributed by atoms with Gasteiger partial charge in [0.2, 0.25) is 0 Å². The van der Waals surface area contributed by atoms with Crippen molar-refractivity contribution in [3.8, 4) is 0 Å². The summed E-state index contributed by atoms with van der Waals surface area (Å²) >= 11 is 2.02. The summed E-state index contributed by atoms with van der Waals surface area (Å²) in [6, 6.07) is 8.73. The van der Waals surface area contributed by atoms with Crippen LogP contribution in [0.3, 0.4) is 0 Å². The summed E-state index contributed by atoms with van der Waals surface area (Å²) in [4.78, 5) is 6.66. The first-order valence-corrected chi connectivity index (χ1v) is 7.36. The molecule has 3 nitrogen and oxygen atoms in total. The van der Waals surface area contributed by atoms with Crippen LogP contribution in [0.15, 0.2) is 30.5 Å². The average molecular weight is 259 g/mol. The SMILES string of the molecule is CN(c1ccc2ncccc2c1N)C1CCSC1. The minimum atomic E-state index is 0.603. The molecular weight excluding hydrogens is 242 g/mol. The predicted octanol–water partition coefficient (Wildman–Crippen LogP) is 2.76. The lowest BCUT2D eigenvalue weighted by atomic mass is 10.1. The van der Waals surface area contributed by atoms with Crippen LogP contribution in [0, 0.1) is 0 Å². The van der Waals surface area contributed by atoms with Crippen LogP contribution in [0.1, 0.15) is 6.42 Å². The van der Waals surface area contributed by atoms with Gasteiger partial charge in [-0.1, -0.05) is 0 Å². The van der Waals surface area contributed by atoms with E-state index in [2.05, 4.69) is 29.1 Å². The molecule has 1 saturated heterocycles. The predicted molar refractivity (Wildman–Crippen MR) is 80.3 cm³/mol. The van der Waals surface area contributed by atoms with E-state index >= 15 is 0 Å². The Bertz CT molecular complexity index is 564. The van der Waals surface area contributed by atoms with Crippen LogP contribution >= 0.6 is 11.8 Å². The maximum Gasteiger partial charge on any atom is 0.0724 e. The maximum atomic E-state index is 6.30. The minimum absolute atomic E-state index is 0.603. The van der Waals surface area contributed by atoms with Gasteiger partial charge in [0.25, 0.3) is 0 Å². The first-order chi connectivity index (χ1) is 8.77. The van der Waals surface area contributed by atoms with Gasteiger partial charge in [0, 0.05) is 30.4 Å². The summed E-state index contributed by atoms with van der Waals surface area (Å²) < 4.78 is 0. The molecule has 4 heteroatoms. The molecule has 1 atom stereocenters. The van der Waals surface area contributed by atoms with E-state index in [1.165, 1.54) is 17.9 Å². The van der Waals surface area contributed by atoms with Crippen molar-refractivity contribution in [2.75, 3.05) is 29.2 Å². The van der Waals surface area contributed by atoms with Crippen molar-refractivity contribution < 1.29 is 0 Å². The molecule has 1 unspecified atom stereocenters. The maximum absolute atomic E-state index is 6.30. The van der Waals surface area contributed by atoms with Crippen molar-refractivity contribution >= 4 is 34.0 Å². The first kappa shape index (κ1) is 11.7. The standard InChI is InChI=1S/C14H17N3S/c1-17(10-6-8-18-9-10)13-5-4-12-11(14(13)15)3-2-7-16-12/h2-5,7,10H,6,8-9,15H2,1H3. The second kappa shape index (κ2) is 4.69. The molecular formula is C14H17N3S. The van der Waals surface area contributed by atoms with Crippen molar-refractivity contribution in [1.29, 1.82) is 0 Å². The number of pyridine rings is 1. The van der Waals surface area contributed by atoms with Crippen molar-refractivity contribution in [2.24, 2.45) is 0 Å². The quantitative estimate of drug-likeness (QED) is 0.842. The molecule has 0 amide bonds. The molecule has 0 aliphatic carbocycles. The minimum Gasteiger partial charge on any atom is -0.396 e. The van der Waals surface area contributed by atoms with Gasteiger partial charge in [0.1, 0.15) is 0 Å². The van der Waals surface area contributed by atoms with Gasteiger partial charge in [-0.3, -0.25) is 4.98 Å². The lowest BCUT2D eigenvalue weighted by Gasteiger charge is -2.27. The molecule has 0 bridgehead atoms. The summed E-state index contributed by atoms with van der Waals surface area (Å²) in [5.41, 5.74) is 9.24. The number of hydrogen-bond acceptors (Lipinski definition) is 4. The molecule has 2 aromatic rings. The van der Waals surface area contributed by atoms with Gasteiger partial charge in [0.05, 0.1) is 16.9 Å². The summed E-state index contributed by atoms with van der Waals surface area (Å²) in [6.07, 6.45) is 3.05. The second-order valence-corrected chi connectivity index (χ2v) is 5.85. The Morgan fingerprint density at radius 3 is 3.06 bits per heavy atom. The van der Waals surface area contributed by atoms with Gasteiger partial charge < -0.3 is 10.6 Å². The van der Waals surface area contributed by atoms with E-state index in [1.807, 2.05) is 23.9 Å². The zero-order valence-corrected chi connectivity index (χ0v) is 11.3. The smallest absolute Gasteiger partial charge is 0.0724 e. The van der Waals surface area contributed by atoms with Gasteiger partial charge in [-0.15, -0.1) is 0 Å². The number of benzene rings is 1. The van der Waals surface area contributed by atoms with Crippen LogP contribution in [-0.4, -0.2) is 29.6 Å². The van der Waals surface area contributed by atoms with E-state index in [0.29, 0.717) is 6.04 Å². The van der Waals surface area contributed by atoms with Crippen LogP contribution in [-0.2, 0) is 0 Å².